The topological polar surface area (TPSA) is 72.5 Å². The molecule has 1 heterocycles. The van der Waals surface area contributed by atoms with Crippen molar-refractivity contribution in [2.75, 3.05) is 24.9 Å². The van der Waals surface area contributed by atoms with Gasteiger partial charge in [0.15, 0.2) is 0 Å². The number of carbonyl (C=O) groups is 1. The molecule has 0 saturated carbocycles. The minimum Gasteiger partial charge on any atom is -0.497 e. The summed E-state index contributed by atoms with van der Waals surface area (Å²) in [6, 6.07) is 15.9. The molecule has 7 heteroatoms. The molecule has 2 N–H and O–H groups in total. The van der Waals surface area contributed by atoms with Crippen molar-refractivity contribution < 1.29 is 14.3 Å². The lowest BCUT2D eigenvalue weighted by atomic mass is 10.2. The first-order chi connectivity index (χ1) is 13.1. The van der Waals surface area contributed by atoms with Gasteiger partial charge in [-0.1, -0.05) is 17.7 Å². The van der Waals surface area contributed by atoms with E-state index in [1.54, 1.807) is 36.5 Å². The van der Waals surface area contributed by atoms with Gasteiger partial charge in [-0.05, 0) is 42.5 Å². The number of anilines is 3. The van der Waals surface area contributed by atoms with Gasteiger partial charge in [0.1, 0.15) is 17.3 Å². The van der Waals surface area contributed by atoms with Crippen molar-refractivity contribution >= 4 is 34.7 Å². The van der Waals surface area contributed by atoms with Gasteiger partial charge in [-0.15, -0.1) is 0 Å². The van der Waals surface area contributed by atoms with Gasteiger partial charge in [-0.3, -0.25) is 4.79 Å². The molecule has 2 aromatic carbocycles. The van der Waals surface area contributed by atoms with Crippen LogP contribution in [0.25, 0.3) is 0 Å². The maximum absolute atomic E-state index is 12.5. The Labute approximate surface area is 162 Å². The van der Waals surface area contributed by atoms with Crippen LogP contribution in [0.5, 0.6) is 11.5 Å². The average molecular weight is 384 g/mol. The molecule has 1 amide bonds. The van der Waals surface area contributed by atoms with E-state index < -0.39 is 0 Å². The molecule has 0 atom stereocenters. The van der Waals surface area contributed by atoms with Gasteiger partial charge in [0, 0.05) is 22.3 Å². The van der Waals surface area contributed by atoms with Crippen molar-refractivity contribution in [2.45, 2.75) is 0 Å². The molecule has 0 radical (unpaired) electrons. The summed E-state index contributed by atoms with van der Waals surface area (Å²) in [6.45, 7) is 0. The number of benzene rings is 2. The fraction of sp³-hybridized carbons (Fsp3) is 0.100. The largest absolute Gasteiger partial charge is 0.497 e. The van der Waals surface area contributed by atoms with Gasteiger partial charge in [0.05, 0.1) is 26.1 Å². The molecule has 6 nitrogen and oxygen atoms in total. The van der Waals surface area contributed by atoms with Crippen molar-refractivity contribution in [1.82, 2.24) is 4.98 Å². The van der Waals surface area contributed by atoms with E-state index in [2.05, 4.69) is 15.6 Å². The van der Waals surface area contributed by atoms with Gasteiger partial charge >= 0.3 is 0 Å². The summed E-state index contributed by atoms with van der Waals surface area (Å²) in [5, 5.41) is 6.59. The Hall–Kier alpha value is -3.25. The normalized spacial score (nSPS) is 10.2. The van der Waals surface area contributed by atoms with Gasteiger partial charge in [-0.2, -0.15) is 0 Å². The zero-order chi connectivity index (χ0) is 19.2. The van der Waals surface area contributed by atoms with E-state index in [1.807, 2.05) is 24.3 Å². The number of amides is 1. The van der Waals surface area contributed by atoms with E-state index in [4.69, 9.17) is 21.1 Å². The summed E-state index contributed by atoms with van der Waals surface area (Å²) in [7, 11) is 3.06. The molecule has 138 valence electrons. The van der Waals surface area contributed by atoms with Crippen LogP contribution in [0.3, 0.4) is 0 Å². The van der Waals surface area contributed by atoms with Crippen LogP contribution in [0, 0.1) is 0 Å². The Bertz CT molecular complexity index is 923. The third-order valence-electron chi connectivity index (χ3n) is 3.73. The SMILES string of the molecule is COc1cc(OC)cc(C(=O)Nc2ccc(Nc3cccc(Cl)c3)cn2)c1. The lowest BCUT2D eigenvalue weighted by Crippen LogP contribution is -2.13. The zero-order valence-corrected chi connectivity index (χ0v) is 15.6. The summed E-state index contributed by atoms with van der Waals surface area (Å²) in [4.78, 5) is 16.7. The Balaban J connectivity index is 1.70. The highest BCUT2D eigenvalue weighted by molar-refractivity contribution is 6.30. The highest BCUT2D eigenvalue weighted by atomic mass is 35.5. The Morgan fingerprint density at radius 1 is 0.963 bits per heavy atom. The molecule has 0 unspecified atom stereocenters. The number of methoxy groups -OCH3 is 2. The Morgan fingerprint density at radius 3 is 2.30 bits per heavy atom. The van der Waals surface area contributed by atoms with Crippen LogP contribution in [0.4, 0.5) is 17.2 Å². The summed E-state index contributed by atoms with van der Waals surface area (Å²) in [5.41, 5.74) is 2.04. The summed E-state index contributed by atoms with van der Waals surface area (Å²) >= 11 is 5.97. The molecule has 0 spiro atoms. The van der Waals surface area contributed by atoms with E-state index in [9.17, 15) is 4.79 Å². The molecule has 3 rings (SSSR count). The highest BCUT2D eigenvalue weighted by Crippen LogP contribution is 2.24. The van der Waals surface area contributed by atoms with Crippen molar-refractivity contribution in [1.29, 1.82) is 0 Å². The summed E-state index contributed by atoms with van der Waals surface area (Å²) in [6.07, 6.45) is 1.63. The smallest absolute Gasteiger partial charge is 0.257 e. The van der Waals surface area contributed by atoms with Crippen LogP contribution in [0.15, 0.2) is 60.8 Å². The quantitative estimate of drug-likeness (QED) is 0.642. The number of hydrogen-bond donors (Lipinski definition) is 2. The fourth-order valence-electron chi connectivity index (χ4n) is 2.40. The number of aromatic nitrogens is 1. The van der Waals surface area contributed by atoms with Gasteiger partial charge < -0.3 is 20.1 Å². The van der Waals surface area contributed by atoms with E-state index >= 15 is 0 Å². The van der Waals surface area contributed by atoms with Crippen LogP contribution in [0.1, 0.15) is 10.4 Å². The van der Waals surface area contributed by atoms with Crippen molar-refractivity contribution in [2.24, 2.45) is 0 Å². The standard InChI is InChI=1S/C20H18ClN3O3/c1-26-17-8-13(9-18(11-17)27-2)20(25)24-19-7-6-16(12-22-19)23-15-5-3-4-14(21)10-15/h3-12,23H,1-2H3,(H,22,24,25). The number of rotatable bonds is 6. The molecule has 3 aromatic rings. The number of nitrogens with zero attached hydrogens (tertiary/aromatic N) is 1. The molecule has 1 aromatic heterocycles. The predicted octanol–water partition coefficient (Wildman–Crippen LogP) is 4.75. The van der Waals surface area contributed by atoms with Crippen LogP contribution < -0.4 is 20.1 Å². The lowest BCUT2D eigenvalue weighted by Gasteiger charge is -2.10. The van der Waals surface area contributed by atoms with E-state index in [-0.39, 0.29) is 5.91 Å². The van der Waals surface area contributed by atoms with Crippen molar-refractivity contribution in [3.63, 3.8) is 0 Å². The zero-order valence-electron chi connectivity index (χ0n) is 14.8. The summed E-state index contributed by atoms with van der Waals surface area (Å²) < 4.78 is 10.4. The maximum atomic E-state index is 12.5. The number of hydrogen-bond acceptors (Lipinski definition) is 5. The fourth-order valence-corrected chi connectivity index (χ4v) is 2.59. The first-order valence-electron chi connectivity index (χ1n) is 8.10. The van der Waals surface area contributed by atoms with E-state index in [0.717, 1.165) is 11.4 Å². The molecule has 0 aliphatic carbocycles. The van der Waals surface area contributed by atoms with Gasteiger partial charge in [0.2, 0.25) is 0 Å². The molecule has 0 aliphatic rings. The second-order valence-corrected chi connectivity index (χ2v) is 6.06. The van der Waals surface area contributed by atoms with E-state index in [0.29, 0.717) is 27.9 Å². The minimum atomic E-state index is -0.310. The molecular formula is C20H18ClN3O3. The maximum Gasteiger partial charge on any atom is 0.257 e. The molecule has 0 aliphatic heterocycles. The first kappa shape index (κ1) is 18.5. The molecule has 27 heavy (non-hydrogen) atoms. The third kappa shape index (κ3) is 4.89. The second-order valence-electron chi connectivity index (χ2n) is 5.62. The molecule has 0 bridgehead atoms. The van der Waals surface area contributed by atoms with E-state index in [1.165, 1.54) is 14.2 Å². The second kappa shape index (κ2) is 8.42. The number of nitrogens with one attached hydrogen (secondary N) is 2. The predicted molar refractivity (Wildman–Crippen MR) is 106 cm³/mol. The number of halogens is 1. The van der Waals surface area contributed by atoms with Gasteiger partial charge in [-0.25, -0.2) is 4.98 Å². The number of ether oxygens (including phenoxy) is 2. The highest BCUT2D eigenvalue weighted by Gasteiger charge is 2.11. The lowest BCUT2D eigenvalue weighted by molar-refractivity contribution is 0.102. The third-order valence-corrected chi connectivity index (χ3v) is 3.97. The van der Waals surface area contributed by atoms with Crippen molar-refractivity contribution in [3.05, 3.63) is 71.4 Å². The average Bonchev–Trinajstić information content (AvgIpc) is 2.69. The van der Waals surface area contributed by atoms with Crippen LogP contribution in [-0.2, 0) is 0 Å². The Kier molecular flexibility index (Phi) is 5.78. The summed E-state index contributed by atoms with van der Waals surface area (Å²) in [5.74, 6) is 1.19. The van der Waals surface area contributed by atoms with Gasteiger partial charge in [0.25, 0.3) is 5.91 Å². The molecular weight excluding hydrogens is 366 g/mol. The van der Waals surface area contributed by atoms with Crippen LogP contribution >= 0.6 is 11.6 Å². The molecule has 0 fully saturated rings. The Morgan fingerprint density at radius 2 is 1.70 bits per heavy atom. The molecule has 0 saturated heterocycles. The van der Waals surface area contributed by atoms with Crippen molar-refractivity contribution in [3.8, 4) is 11.5 Å². The minimum absolute atomic E-state index is 0.310. The monoisotopic (exact) mass is 383 g/mol. The van der Waals surface area contributed by atoms with Crippen LogP contribution in [-0.4, -0.2) is 25.1 Å². The van der Waals surface area contributed by atoms with Crippen LogP contribution in [0.2, 0.25) is 5.02 Å². The number of pyridine rings is 1. The number of carbonyl (C=O) groups excluding carboxylic acids is 1. The first-order valence-corrected chi connectivity index (χ1v) is 8.48.